The average Bonchev–Trinajstić information content (AvgIpc) is 2.49. The molecule has 0 aromatic heterocycles. The molecular formula is C17H30O5. The van der Waals surface area contributed by atoms with Crippen LogP contribution in [-0.2, 0) is 23.8 Å². The first-order valence-corrected chi connectivity index (χ1v) is 8.23. The molecule has 0 heterocycles. The van der Waals surface area contributed by atoms with E-state index in [2.05, 4.69) is 6.92 Å². The highest BCUT2D eigenvalue weighted by Gasteiger charge is 2.26. The molecule has 0 aliphatic rings. The van der Waals surface area contributed by atoms with E-state index >= 15 is 0 Å². The predicted octanol–water partition coefficient (Wildman–Crippen LogP) is 3.76. The van der Waals surface area contributed by atoms with Crippen LogP contribution in [0.2, 0.25) is 0 Å². The van der Waals surface area contributed by atoms with Gasteiger partial charge in [-0.2, -0.15) is 0 Å². The summed E-state index contributed by atoms with van der Waals surface area (Å²) in [4.78, 5) is 23.9. The summed E-state index contributed by atoms with van der Waals surface area (Å²) < 4.78 is 15.1. The Bertz CT molecular complexity index is 340. The van der Waals surface area contributed by atoms with Crippen LogP contribution in [0.1, 0.15) is 65.7 Å². The van der Waals surface area contributed by atoms with Gasteiger partial charge in [-0.15, -0.1) is 0 Å². The Morgan fingerprint density at radius 2 is 1.27 bits per heavy atom. The lowest BCUT2D eigenvalue weighted by molar-refractivity contribution is -0.147. The fourth-order valence-electron chi connectivity index (χ4n) is 2.11. The van der Waals surface area contributed by atoms with Gasteiger partial charge in [-0.3, -0.25) is 0 Å². The van der Waals surface area contributed by atoms with Crippen molar-refractivity contribution in [1.82, 2.24) is 0 Å². The smallest absolute Gasteiger partial charge is 0.349 e. The maximum absolute atomic E-state index is 12.0. The van der Waals surface area contributed by atoms with Gasteiger partial charge in [0.15, 0.2) is 5.57 Å². The molecule has 0 aromatic carbocycles. The monoisotopic (exact) mass is 314 g/mol. The van der Waals surface area contributed by atoms with Crippen LogP contribution < -0.4 is 0 Å². The Morgan fingerprint density at radius 3 is 1.73 bits per heavy atom. The maximum atomic E-state index is 12.0. The fourth-order valence-corrected chi connectivity index (χ4v) is 2.11. The summed E-state index contributed by atoms with van der Waals surface area (Å²) in [6.07, 6.45) is 7.27. The van der Waals surface area contributed by atoms with Gasteiger partial charge in [0, 0.05) is 6.42 Å². The van der Waals surface area contributed by atoms with Gasteiger partial charge in [-0.05, 0) is 20.3 Å². The first-order valence-electron chi connectivity index (χ1n) is 8.23. The first kappa shape index (κ1) is 20.5. The molecule has 128 valence electrons. The molecule has 0 N–H and O–H groups in total. The number of rotatable bonds is 12. The second-order valence-electron chi connectivity index (χ2n) is 4.96. The lowest BCUT2D eigenvalue weighted by Crippen LogP contribution is -2.21. The van der Waals surface area contributed by atoms with E-state index in [-0.39, 0.29) is 18.8 Å². The van der Waals surface area contributed by atoms with Crippen molar-refractivity contribution in [1.29, 1.82) is 0 Å². The zero-order valence-electron chi connectivity index (χ0n) is 14.4. The molecule has 0 fully saturated rings. The third-order valence-corrected chi connectivity index (χ3v) is 3.24. The number of ether oxygens (including phenoxy) is 3. The van der Waals surface area contributed by atoms with Crippen LogP contribution in [0.4, 0.5) is 0 Å². The molecule has 0 saturated heterocycles. The van der Waals surface area contributed by atoms with E-state index in [0.29, 0.717) is 12.2 Å². The summed E-state index contributed by atoms with van der Waals surface area (Å²) in [5.41, 5.74) is -0.111. The number of hydrogen-bond acceptors (Lipinski definition) is 5. The van der Waals surface area contributed by atoms with Crippen molar-refractivity contribution in [2.24, 2.45) is 0 Å². The first-order chi connectivity index (χ1) is 10.6. The van der Waals surface area contributed by atoms with Crippen molar-refractivity contribution in [2.75, 3.05) is 20.3 Å². The molecule has 0 aliphatic heterocycles. The summed E-state index contributed by atoms with van der Waals surface area (Å²) in [5, 5.41) is 0. The number of methoxy groups -OCH3 is 1. The predicted molar refractivity (Wildman–Crippen MR) is 85.3 cm³/mol. The molecule has 0 aromatic rings. The van der Waals surface area contributed by atoms with E-state index in [1.807, 2.05) is 0 Å². The van der Waals surface area contributed by atoms with Gasteiger partial charge in [0.1, 0.15) is 5.76 Å². The molecule has 0 bridgehead atoms. The van der Waals surface area contributed by atoms with Crippen molar-refractivity contribution in [3.05, 3.63) is 11.3 Å². The minimum Gasteiger partial charge on any atom is -0.500 e. The van der Waals surface area contributed by atoms with Crippen molar-refractivity contribution >= 4 is 11.9 Å². The minimum atomic E-state index is -0.677. The number of hydrogen-bond donors (Lipinski definition) is 0. The highest BCUT2D eigenvalue weighted by Crippen LogP contribution is 2.18. The Labute approximate surface area is 134 Å². The summed E-state index contributed by atoms with van der Waals surface area (Å²) in [5.74, 6) is -1.00. The Hall–Kier alpha value is -1.52. The zero-order valence-corrected chi connectivity index (χ0v) is 14.4. The Balaban J connectivity index is 4.77. The molecule has 0 radical (unpaired) electrons. The number of allylic oxidation sites excluding steroid dienone is 1. The Kier molecular flexibility index (Phi) is 12.3. The van der Waals surface area contributed by atoms with Crippen LogP contribution in [0.25, 0.3) is 0 Å². The van der Waals surface area contributed by atoms with Gasteiger partial charge < -0.3 is 14.2 Å². The van der Waals surface area contributed by atoms with Crippen molar-refractivity contribution in [2.45, 2.75) is 65.7 Å². The molecule has 0 saturated carbocycles. The van der Waals surface area contributed by atoms with Gasteiger partial charge in [-0.1, -0.05) is 39.0 Å². The molecule has 5 heteroatoms. The normalized spacial score (nSPS) is 10.0. The largest absolute Gasteiger partial charge is 0.500 e. The SMILES string of the molecule is CCCCCCCCC(OC)=C(C(=O)OCC)C(=O)OCC. The third-order valence-electron chi connectivity index (χ3n) is 3.24. The molecule has 5 nitrogen and oxygen atoms in total. The molecule has 22 heavy (non-hydrogen) atoms. The number of unbranched alkanes of at least 4 members (excludes halogenated alkanes) is 5. The van der Waals surface area contributed by atoms with Gasteiger partial charge in [-0.25, -0.2) is 9.59 Å². The van der Waals surface area contributed by atoms with Gasteiger partial charge in [0.05, 0.1) is 20.3 Å². The second kappa shape index (κ2) is 13.2. The van der Waals surface area contributed by atoms with E-state index < -0.39 is 11.9 Å². The summed E-state index contributed by atoms with van der Waals surface area (Å²) in [7, 11) is 1.46. The van der Waals surface area contributed by atoms with E-state index in [4.69, 9.17) is 14.2 Å². The van der Waals surface area contributed by atoms with E-state index in [0.717, 1.165) is 19.3 Å². The van der Waals surface area contributed by atoms with Crippen LogP contribution in [0.15, 0.2) is 11.3 Å². The van der Waals surface area contributed by atoms with Gasteiger partial charge >= 0.3 is 11.9 Å². The Morgan fingerprint density at radius 1 is 0.773 bits per heavy atom. The van der Waals surface area contributed by atoms with Gasteiger partial charge in [0.2, 0.25) is 0 Å². The lowest BCUT2D eigenvalue weighted by atomic mass is 10.1. The standard InChI is InChI=1S/C17H30O5/c1-5-8-9-10-11-12-13-14(20-4)15(16(18)21-6-2)17(19)22-7-3/h5-13H2,1-4H3. The summed E-state index contributed by atoms with van der Waals surface area (Å²) >= 11 is 0. The highest BCUT2D eigenvalue weighted by atomic mass is 16.6. The average molecular weight is 314 g/mol. The zero-order chi connectivity index (χ0) is 16.8. The molecule has 0 unspecified atom stereocenters. The number of carbonyl (C=O) groups is 2. The molecule has 0 rings (SSSR count). The van der Waals surface area contributed by atoms with Crippen molar-refractivity contribution < 1.29 is 23.8 Å². The maximum Gasteiger partial charge on any atom is 0.349 e. The van der Waals surface area contributed by atoms with E-state index in [9.17, 15) is 9.59 Å². The van der Waals surface area contributed by atoms with Crippen molar-refractivity contribution in [3.8, 4) is 0 Å². The number of carbonyl (C=O) groups excluding carboxylic acids is 2. The van der Waals surface area contributed by atoms with Crippen molar-refractivity contribution in [3.63, 3.8) is 0 Å². The summed E-state index contributed by atoms with van der Waals surface area (Å²) in [6, 6.07) is 0. The van der Waals surface area contributed by atoms with Crippen LogP contribution in [0, 0.1) is 0 Å². The summed E-state index contributed by atoms with van der Waals surface area (Å²) in [6.45, 7) is 5.98. The fraction of sp³-hybridized carbons (Fsp3) is 0.765. The minimum absolute atomic E-state index is 0.111. The molecule has 0 aliphatic carbocycles. The molecule has 0 spiro atoms. The van der Waals surface area contributed by atoms with Crippen LogP contribution in [0.3, 0.4) is 0 Å². The van der Waals surface area contributed by atoms with Crippen LogP contribution >= 0.6 is 0 Å². The molecule has 0 amide bonds. The van der Waals surface area contributed by atoms with Crippen LogP contribution in [0.5, 0.6) is 0 Å². The molecule has 0 atom stereocenters. The number of esters is 2. The third kappa shape index (κ3) is 8.05. The van der Waals surface area contributed by atoms with E-state index in [1.165, 1.54) is 26.4 Å². The highest BCUT2D eigenvalue weighted by molar-refractivity contribution is 6.14. The quantitative estimate of drug-likeness (QED) is 0.137. The van der Waals surface area contributed by atoms with Gasteiger partial charge in [0.25, 0.3) is 0 Å². The lowest BCUT2D eigenvalue weighted by Gasteiger charge is -2.12. The second-order valence-corrected chi connectivity index (χ2v) is 4.96. The van der Waals surface area contributed by atoms with E-state index in [1.54, 1.807) is 13.8 Å². The molecular weight excluding hydrogens is 284 g/mol. The topological polar surface area (TPSA) is 61.8 Å². The van der Waals surface area contributed by atoms with Crippen LogP contribution in [-0.4, -0.2) is 32.3 Å².